The zero-order valence-corrected chi connectivity index (χ0v) is 12.5. The molecule has 5 heteroatoms. The Morgan fingerprint density at radius 3 is 2.95 bits per heavy atom. The molecule has 0 bridgehead atoms. The normalized spacial score (nSPS) is 23.2. The first-order valence-corrected chi connectivity index (χ1v) is 7.67. The van der Waals surface area contributed by atoms with E-state index in [-0.39, 0.29) is 18.0 Å². The highest BCUT2D eigenvalue weighted by atomic mass is 16.5. The van der Waals surface area contributed by atoms with Gasteiger partial charge in [0.25, 0.3) is 0 Å². The number of anilines is 1. The largest absolute Gasteiger partial charge is 0.379 e. The van der Waals surface area contributed by atoms with Gasteiger partial charge in [-0.2, -0.15) is 0 Å². The number of nitrogens with one attached hydrogen (secondary N) is 2. The summed E-state index contributed by atoms with van der Waals surface area (Å²) in [5.74, 6) is 0.0898. The van der Waals surface area contributed by atoms with Crippen LogP contribution in [0.3, 0.4) is 0 Å². The molecule has 0 radical (unpaired) electrons. The molecule has 2 aliphatic heterocycles. The Labute approximate surface area is 125 Å². The highest BCUT2D eigenvalue weighted by Gasteiger charge is 2.27. The van der Waals surface area contributed by atoms with Crippen LogP contribution >= 0.6 is 0 Å². The zero-order chi connectivity index (χ0) is 14.7. The van der Waals surface area contributed by atoms with Crippen LogP contribution in [0.4, 0.5) is 5.69 Å². The van der Waals surface area contributed by atoms with Crippen LogP contribution in [-0.2, 0) is 16.0 Å². The van der Waals surface area contributed by atoms with Crippen molar-refractivity contribution in [1.29, 1.82) is 0 Å². The van der Waals surface area contributed by atoms with Gasteiger partial charge in [0, 0.05) is 37.8 Å². The second-order valence-electron chi connectivity index (χ2n) is 5.88. The number of nitrogens with zero attached hydrogens (tertiary/aromatic N) is 1. The summed E-state index contributed by atoms with van der Waals surface area (Å²) in [4.78, 5) is 14.7. The number of carbonyl (C=O) groups excluding carboxylic acids is 1. The summed E-state index contributed by atoms with van der Waals surface area (Å²) >= 11 is 0. The van der Waals surface area contributed by atoms with Crippen LogP contribution in [0.15, 0.2) is 24.3 Å². The first kappa shape index (κ1) is 14.4. The van der Waals surface area contributed by atoms with Crippen molar-refractivity contribution in [3.63, 3.8) is 0 Å². The maximum atomic E-state index is 12.3. The SMILES string of the molecule is CC(CN1CCOCC1)NC(=O)C1Cc2ccccc2N1. The molecule has 2 unspecified atom stereocenters. The number of carbonyl (C=O) groups is 1. The Balaban J connectivity index is 1.48. The summed E-state index contributed by atoms with van der Waals surface area (Å²) in [6.45, 7) is 6.44. The number of morpholine rings is 1. The van der Waals surface area contributed by atoms with Crippen LogP contribution in [0.5, 0.6) is 0 Å². The Morgan fingerprint density at radius 2 is 2.19 bits per heavy atom. The number of ether oxygens (including phenoxy) is 1. The van der Waals surface area contributed by atoms with E-state index in [1.54, 1.807) is 0 Å². The maximum absolute atomic E-state index is 12.3. The van der Waals surface area contributed by atoms with Crippen molar-refractivity contribution in [2.75, 3.05) is 38.2 Å². The smallest absolute Gasteiger partial charge is 0.243 e. The Hall–Kier alpha value is -1.59. The molecule has 5 nitrogen and oxygen atoms in total. The number of benzene rings is 1. The molecule has 3 rings (SSSR count). The number of rotatable bonds is 4. The van der Waals surface area contributed by atoms with Crippen molar-refractivity contribution >= 4 is 11.6 Å². The van der Waals surface area contributed by atoms with Gasteiger partial charge in [-0.25, -0.2) is 0 Å². The van der Waals surface area contributed by atoms with E-state index >= 15 is 0 Å². The second kappa shape index (κ2) is 6.45. The molecule has 114 valence electrons. The van der Waals surface area contributed by atoms with Crippen molar-refractivity contribution in [1.82, 2.24) is 10.2 Å². The zero-order valence-electron chi connectivity index (χ0n) is 12.5. The topological polar surface area (TPSA) is 53.6 Å². The molecule has 2 aliphatic rings. The highest BCUT2D eigenvalue weighted by molar-refractivity contribution is 5.87. The van der Waals surface area contributed by atoms with Crippen LogP contribution in [-0.4, -0.2) is 55.7 Å². The number of para-hydroxylation sites is 1. The standard InChI is InChI=1S/C16H23N3O2/c1-12(11-19-6-8-21-9-7-19)17-16(20)15-10-13-4-2-3-5-14(13)18-15/h2-5,12,15,18H,6-11H2,1H3,(H,17,20). The van der Waals surface area contributed by atoms with E-state index in [1.165, 1.54) is 5.56 Å². The molecule has 0 saturated carbocycles. The summed E-state index contributed by atoms with van der Waals surface area (Å²) in [6, 6.07) is 8.12. The predicted octanol–water partition coefficient (Wildman–Crippen LogP) is 0.860. The van der Waals surface area contributed by atoms with Crippen LogP contribution in [0.25, 0.3) is 0 Å². The molecular formula is C16H23N3O2. The molecule has 2 heterocycles. The average molecular weight is 289 g/mol. The van der Waals surface area contributed by atoms with E-state index in [9.17, 15) is 4.79 Å². The quantitative estimate of drug-likeness (QED) is 0.863. The van der Waals surface area contributed by atoms with Crippen LogP contribution in [0.1, 0.15) is 12.5 Å². The first-order valence-electron chi connectivity index (χ1n) is 7.67. The van der Waals surface area contributed by atoms with Gasteiger partial charge in [0.05, 0.1) is 13.2 Å². The summed E-state index contributed by atoms with van der Waals surface area (Å²) in [5.41, 5.74) is 2.30. The van der Waals surface area contributed by atoms with Gasteiger partial charge in [-0.15, -0.1) is 0 Å². The Bertz CT molecular complexity index is 475. The fourth-order valence-electron chi connectivity index (χ4n) is 3.02. The summed E-state index contributed by atoms with van der Waals surface area (Å²) in [6.07, 6.45) is 0.770. The molecule has 1 aromatic carbocycles. The van der Waals surface area contributed by atoms with Crippen molar-refractivity contribution < 1.29 is 9.53 Å². The van der Waals surface area contributed by atoms with Gasteiger partial charge in [-0.1, -0.05) is 18.2 Å². The van der Waals surface area contributed by atoms with Gasteiger partial charge >= 0.3 is 0 Å². The minimum atomic E-state index is -0.144. The lowest BCUT2D eigenvalue weighted by Gasteiger charge is -2.29. The molecule has 0 aromatic heterocycles. The van der Waals surface area contributed by atoms with Crippen molar-refractivity contribution in [2.24, 2.45) is 0 Å². The van der Waals surface area contributed by atoms with E-state index in [1.807, 2.05) is 18.2 Å². The molecule has 2 N–H and O–H groups in total. The monoisotopic (exact) mass is 289 g/mol. The molecule has 2 atom stereocenters. The predicted molar refractivity (Wildman–Crippen MR) is 82.4 cm³/mol. The molecule has 21 heavy (non-hydrogen) atoms. The van der Waals surface area contributed by atoms with E-state index in [2.05, 4.69) is 28.5 Å². The Morgan fingerprint density at radius 1 is 1.43 bits per heavy atom. The third-order valence-corrected chi connectivity index (χ3v) is 4.11. The summed E-state index contributed by atoms with van der Waals surface area (Å²) in [5, 5.41) is 6.42. The van der Waals surface area contributed by atoms with Gasteiger partial charge in [0.15, 0.2) is 0 Å². The van der Waals surface area contributed by atoms with Crippen molar-refractivity contribution in [3.05, 3.63) is 29.8 Å². The lowest BCUT2D eigenvalue weighted by atomic mass is 10.1. The third kappa shape index (κ3) is 3.54. The van der Waals surface area contributed by atoms with Crippen LogP contribution < -0.4 is 10.6 Å². The Kier molecular flexibility index (Phi) is 4.41. The third-order valence-electron chi connectivity index (χ3n) is 4.11. The van der Waals surface area contributed by atoms with Crippen molar-refractivity contribution in [3.8, 4) is 0 Å². The lowest BCUT2D eigenvalue weighted by Crippen LogP contribution is -2.49. The van der Waals surface area contributed by atoms with E-state index in [4.69, 9.17) is 4.74 Å². The summed E-state index contributed by atoms with van der Waals surface area (Å²) < 4.78 is 5.34. The highest BCUT2D eigenvalue weighted by Crippen LogP contribution is 2.25. The number of amides is 1. The minimum Gasteiger partial charge on any atom is -0.379 e. The van der Waals surface area contributed by atoms with E-state index < -0.39 is 0 Å². The molecule has 0 aliphatic carbocycles. The fraction of sp³-hybridized carbons (Fsp3) is 0.562. The van der Waals surface area contributed by atoms with Gasteiger partial charge < -0.3 is 15.4 Å². The van der Waals surface area contributed by atoms with Gasteiger partial charge in [-0.05, 0) is 18.6 Å². The summed E-state index contributed by atoms with van der Waals surface area (Å²) in [7, 11) is 0. The molecule has 1 fully saturated rings. The molecule has 1 aromatic rings. The number of hydrogen-bond acceptors (Lipinski definition) is 4. The molecule has 1 saturated heterocycles. The fourth-order valence-corrected chi connectivity index (χ4v) is 3.02. The second-order valence-corrected chi connectivity index (χ2v) is 5.88. The number of hydrogen-bond donors (Lipinski definition) is 2. The van der Waals surface area contributed by atoms with E-state index in [0.717, 1.165) is 45.0 Å². The van der Waals surface area contributed by atoms with Crippen molar-refractivity contribution in [2.45, 2.75) is 25.4 Å². The molecule has 0 spiro atoms. The average Bonchev–Trinajstić information content (AvgIpc) is 2.92. The molecule has 1 amide bonds. The van der Waals surface area contributed by atoms with E-state index in [0.29, 0.717) is 0 Å². The van der Waals surface area contributed by atoms with Gasteiger partial charge in [-0.3, -0.25) is 9.69 Å². The van der Waals surface area contributed by atoms with Gasteiger partial charge in [0.2, 0.25) is 5.91 Å². The van der Waals surface area contributed by atoms with Crippen LogP contribution in [0, 0.1) is 0 Å². The first-order chi connectivity index (χ1) is 10.2. The lowest BCUT2D eigenvalue weighted by molar-refractivity contribution is -0.122. The van der Waals surface area contributed by atoms with Gasteiger partial charge in [0.1, 0.15) is 6.04 Å². The maximum Gasteiger partial charge on any atom is 0.243 e. The minimum absolute atomic E-state index is 0.0898. The molecular weight excluding hydrogens is 266 g/mol. The van der Waals surface area contributed by atoms with Crippen LogP contribution in [0.2, 0.25) is 0 Å². The number of fused-ring (bicyclic) bond motifs is 1.